The van der Waals surface area contributed by atoms with Gasteiger partial charge in [-0.1, -0.05) is 0 Å². The molecule has 1 aromatic carbocycles. The lowest BCUT2D eigenvalue weighted by Crippen LogP contribution is -2.50. The molecule has 2 aromatic rings. The third kappa shape index (κ3) is 3.06. The Balaban J connectivity index is 2.14. The van der Waals surface area contributed by atoms with Gasteiger partial charge in [-0.2, -0.15) is 4.31 Å². The molecule has 1 aromatic heterocycles. The fourth-order valence-electron chi connectivity index (χ4n) is 3.30. The summed E-state index contributed by atoms with van der Waals surface area (Å²) in [5, 5.41) is 28.4. The van der Waals surface area contributed by atoms with Gasteiger partial charge >= 0.3 is 5.97 Å². The normalized spacial score (nSPS) is 17.5. The van der Waals surface area contributed by atoms with E-state index in [1.165, 1.54) is 13.8 Å². The van der Waals surface area contributed by atoms with E-state index in [1.807, 2.05) is 0 Å². The highest BCUT2D eigenvalue weighted by atomic mass is 32.2. The molecular formula is C15H17N5O6S. The Hall–Kier alpha value is -2.86. The Morgan fingerprint density at radius 3 is 2.37 bits per heavy atom. The summed E-state index contributed by atoms with van der Waals surface area (Å²) in [6.07, 6.45) is 0. The van der Waals surface area contributed by atoms with Crippen molar-refractivity contribution in [1.82, 2.24) is 19.1 Å². The topological polar surface area (TPSA) is 149 Å². The van der Waals surface area contributed by atoms with Crippen molar-refractivity contribution >= 4 is 21.7 Å². The molecule has 12 heteroatoms. The number of nitrogens with zero attached hydrogens (tertiary/aromatic N) is 5. The Labute approximate surface area is 154 Å². The maximum Gasteiger partial charge on any atom is 0.323 e. The van der Waals surface area contributed by atoms with Crippen molar-refractivity contribution in [3.05, 3.63) is 45.0 Å². The molecule has 0 spiro atoms. The molecule has 0 saturated carbocycles. The fraction of sp³-hybridized carbons (Fsp3) is 0.400. The number of hydrogen-bond donors (Lipinski definition) is 1. The van der Waals surface area contributed by atoms with Crippen molar-refractivity contribution in [3.63, 3.8) is 0 Å². The van der Waals surface area contributed by atoms with Gasteiger partial charge in [0.05, 0.1) is 22.9 Å². The maximum atomic E-state index is 13.3. The van der Waals surface area contributed by atoms with Crippen LogP contribution >= 0.6 is 0 Å². The summed E-state index contributed by atoms with van der Waals surface area (Å²) in [4.78, 5) is 22.0. The standard InChI is InChI=1S/C15H17N5O6S/c1-8-4-11(20(23)24)5-9(2)14(8)27(25,26)19-7-13-17-16-10(3)18(13)6-12(19)15(21)22/h4-5,12H,6-7H2,1-3H3,(H,21,22). The van der Waals surface area contributed by atoms with E-state index in [9.17, 15) is 28.4 Å². The molecule has 0 aliphatic carbocycles. The van der Waals surface area contributed by atoms with E-state index >= 15 is 0 Å². The third-order valence-corrected chi connectivity index (χ3v) is 6.68. The van der Waals surface area contributed by atoms with E-state index in [4.69, 9.17) is 0 Å². The van der Waals surface area contributed by atoms with Crippen LogP contribution in [-0.4, -0.2) is 49.5 Å². The lowest BCUT2D eigenvalue weighted by molar-refractivity contribution is -0.385. The first-order valence-corrected chi connectivity index (χ1v) is 9.37. The van der Waals surface area contributed by atoms with Gasteiger partial charge in [0.1, 0.15) is 17.7 Å². The number of nitro benzene ring substituents is 1. The first-order valence-electron chi connectivity index (χ1n) is 7.93. The second kappa shape index (κ2) is 6.39. The highest BCUT2D eigenvalue weighted by molar-refractivity contribution is 7.89. The van der Waals surface area contributed by atoms with Gasteiger partial charge in [-0.05, 0) is 31.9 Å². The molecule has 0 saturated heterocycles. The lowest BCUT2D eigenvalue weighted by atomic mass is 10.1. The number of carbonyl (C=O) groups is 1. The van der Waals surface area contributed by atoms with Crippen LogP contribution in [0.15, 0.2) is 17.0 Å². The highest BCUT2D eigenvalue weighted by Crippen LogP contribution is 2.32. The molecule has 0 amide bonds. The van der Waals surface area contributed by atoms with Gasteiger partial charge in [-0.15, -0.1) is 10.2 Å². The van der Waals surface area contributed by atoms with Gasteiger partial charge in [0.15, 0.2) is 0 Å². The number of nitro groups is 1. The van der Waals surface area contributed by atoms with Gasteiger partial charge < -0.3 is 9.67 Å². The molecule has 0 radical (unpaired) electrons. The fourth-order valence-corrected chi connectivity index (χ4v) is 5.25. The predicted octanol–water partition coefficient (Wildman–Crippen LogP) is 0.769. The van der Waals surface area contributed by atoms with Crippen LogP contribution in [-0.2, 0) is 27.9 Å². The molecule has 144 valence electrons. The van der Waals surface area contributed by atoms with Gasteiger partial charge in [-0.3, -0.25) is 14.9 Å². The van der Waals surface area contributed by atoms with Crippen molar-refractivity contribution in [3.8, 4) is 0 Å². The summed E-state index contributed by atoms with van der Waals surface area (Å²) >= 11 is 0. The second-order valence-electron chi connectivity index (χ2n) is 6.34. The van der Waals surface area contributed by atoms with Crippen LogP contribution in [0.4, 0.5) is 5.69 Å². The van der Waals surface area contributed by atoms with E-state index in [2.05, 4.69) is 10.2 Å². The number of sulfonamides is 1. The molecule has 1 unspecified atom stereocenters. The van der Waals surface area contributed by atoms with Gasteiger partial charge in [0.25, 0.3) is 5.69 Å². The summed E-state index contributed by atoms with van der Waals surface area (Å²) in [7, 11) is -4.24. The van der Waals surface area contributed by atoms with E-state index in [0.717, 1.165) is 16.4 Å². The lowest BCUT2D eigenvalue weighted by Gasteiger charge is -2.33. The minimum atomic E-state index is -4.24. The summed E-state index contributed by atoms with van der Waals surface area (Å²) in [6.45, 7) is 4.17. The van der Waals surface area contributed by atoms with Crippen LogP contribution in [0, 0.1) is 30.9 Å². The molecule has 27 heavy (non-hydrogen) atoms. The van der Waals surface area contributed by atoms with Crippen LogP contribution in [0.2, 0.25) is 0 Å². The average Bonchev–Trinajstić information content (AvgIpc) is 2.93. The van der Waals surface area contributed by atoms with Gasteiger partial charge in [-0.25, -0.2) is 8.42 Å². The van der Waals surface area contributed by atoms with E-state index in [-0.39, 0.29) is 34.8 Å². The Morgan fingerprint density at radius 1 is 1.26 bits per heavy atom. The first-order chi connectivity index (χ1) is 12.5. The van der Waals surface area contributed by atoms with Crippen LogP contribution in [0.1, 0.15) is 22.8 Å². The van der Waals surface area contributed by atoms with Crippen molar-refractivity contribution in [2.45, 2.75) is 44.8 Å². The number of non-ortho nitro benzene ring substituents is 1. The molecular weight excluding hydrogens is 378 g/mol. The van der Waals surface area contributed by atoms with Crippen molar-refractivity contribution in [2.75, 3.05) is 0 Å². The highest BCUT2D eigenvalue weighted by Gasteiger charge is 2.42. The molecule has 1 aliphatic heterocycles. The zero-order valence-corrected chi connectivity index (χ0v) is 15.6. The Kier molecular flexibility index (Phi) is 4.48. The predicted molar refractivity (Wildman–Crippen MR) is 91.5 cm³/mol. The molecule has 1 N–H and O–H groups in total. The van der Waals surface area contributed by atoms with E-state index < -0.39 is 27.0 Å². The van der Waals surface area contributed by atoms with Crippen molar-refractivity contribution in [1.29, 1.82) is 0 Å². The van der Waals surface area contributed by atoms with Gasteiger partial charge in [0, 0.05) is 12.1 Å². The number of carboxylic acid groups (broad SMARTS) is 1. The van der Waals surface area contributed by atoms with Crippen LogP contribution in [0.3, 0.4) is 0 Å². The summed E-state index contributed by atoms with van der Waals surface area (Å²) in [5.41, 5.74) is 0.121. The molecule has 1 atom stereocenters. The Bertz CT molecular complexity index is 1040. The number of aliphatic carboxylic acids is 1. The minimum absolute atomic E-state index is 0.117. The van der Waals surface area contributed by atoms with Crippen LogP contribution < -0.4 is 0 Å². The molecule has 1 aliphatic rings. The summed E-state index contributed by atoms with van der Waals surface area (Å²) in [6, 6.07) is 0.976. The largest absolute Gasteiger partial charge is 0.480 e. The third-order valence-electron chi connectivity index (χ3n) is 4.52. The van der Waals surface area contributed by atoms with Crippen molar-refractivity contribution in [2.24, 2.45) is 0 Å². The zero-order chi connectivity index (χ0) is 20.1. The molecule has 2 heterocycles. The number of aryl methyl sites for hydroxylation is 3. The van der Waals surface area contributed by atoms with E-state index in [0.29, 0.717) is 11.6 Å². The molecule has 3 rings (SSSR count). The monoisotopic (exact) mass is 395 g/mol. The van der Waals surface area contributed by atoms with E-state index in [1.54, 1.807) is 11.5 Å². The summed E-state index contributed by atoms with van der Waals surface area (Å²) in [5.74, 6) is -0.462. The SMILES string of the molecule is Cc1cc([N+](=O)[O-])cc(C)c1S(=O)(=O)N1Cc2nnc(C)n2CC1C(=O)O. The van der Waals surface area contributed by atoms with Crippen LogP contribution in [0.5, 0.6) is 0 Å². The number of aromatic nitrogens is 3. The second-order valence-corrected chi connectivity index (χ2v) is 8.17. The van der Waals surface area contributed by atoms with Crippen LogP contribution in [0.25, 0.3) is 0 Å². The number of fused-ring (bicyclic) bond motifs is 1. The summed E-state index contributed by atoms with van der Waals surface area (Å²) < 4.78 is 29.0. The zero-order valence-electron chi connectivity index (χ0n) is 14.8. The number of benzene rings is 1. The van der Waals surface area contributed by atoms with Gasteiger partial charge in [0.2, 0.25) is 10.0 Å². The smallest absolute Gasteiger partial charge is 0.323 e. The average molecular weight is 395 g/mol. The Morgan fingerprint density at radius 2 is 1.85 bits per heavy atom. The number of carboxylic acids is 1. The molecule has 0 bridgehead atoms. The maximum absolute atomic E-state index is 13.3. The first kappa shape index (κ1) is 18.9. The minimum Gasteiger partial charge on any atom is -0.480 e. The quantitative estimate of drug-likeness (QED) is 0.589. The number of rotatable bonds is 4. The molecule has 0 fully saturated rings. The molecule has 11 nitrogen and oxygen atoms in total. The van der Waals surface area contributed by atoms with Crippen molar-refractivity contribution < 1.29 is 23.2 Å². The number of hydrogen-bond acceptors (Lipinski definition) is 7.